The summed E-state index contributed by atoms with van der Waals surface area (Å²) in [6, 6.07) is 7.07. The van der Waals surface area contributed by atoms with Gasteiger partial charge < -0.3 is 10.4 Å². The number of para-hydroxylation sites is 1. The predicted octanol–water partition coefficient (Wildman–Crippen LogP) is 2.72. The van der Waals surface area contributed by atoms with Crippen molar-refractivity contribution in [3.8, 4) is 0 Å². The lowest BCUT2D eigenvalue weighted by molar-refractivity contribution is -0.138. The summed E-state index contributed by atoms with van der Waals surface area (Å²) in [6.45, 7) is 2.27. The second-order valence-corrected chi connectivity index (χ2v) is 6.26. The number of nitrogens with zero attached hydrogens (tertiary/aromatic N) is 1. The van der Waals surface area contributed by atoms with E-state index >= 15 is 0 Å². The van der Waals surface area contributed by atoms with Crippen molar-refractivity contribution in [2.24, 2.45) is 0 Å². The molecule has 1 unspecified atom stereocenters. The Morgan fingerprint density at radius 3 is 2.62 bits per heavy atom. The van der Waals surface area contributed by atoms with E-state index in [0.717, 1.165) is 31.2 Å². The predicted molar refractivity (Wildman–Crippen MR) is 79.6 cm³/mol. The van der Waals surface area contributed by atoms with Gasteiger partial charge in [-0.3, -0.25) is 9.69 Å². The van der Waals surface area contributed by atoms with Crippen LogP contribution in [0.4, 0.5) is 10.5 Å². The van der Waals surface area contributed by atoms with Crippen LogP contribution in [-0.2, 0) is 4.79 Å². The van der Waals surface area contributed by atoms with Gasteiger partial charge in [-0.15, -0.1) is 0 Å². The summed E-state index contributed by atoms with van der Waals surface area (Å²) in [7, 11) is 0. The highest BCUT2D eigenvalue weighted by molar-refractivity contribution is 5.98. The summed E-state index contributed by atoms with van der Waals surface area (Å²) in [5.41, 5.74) is 1.27. The Morgan fingerprint density at radius 1 is 1.29 bits per heavy atom. The summed E-state index contributed by atoms with van der Waals surface area (Å²) in [4.78, 5) is 25.5. The van der Waals surface area contributed by atoms with Crippen molar-refractivity contribution in [2.45, 2.75) is 44.1 Å². The van der Waals surface area contributed by atoms with Crippen LogP contribution in [0.5, 0.6) is 0 Å². The van der Waals surface area contributed by atoms with Crippen LogP contribution in [0, 0.1) is 0 Å². The van der Waals surface area contributed by atoms with Crippen molar-refractivity contribution in [3.05, 3.63) is 29.8 Å². The van der Waals surface area contributed by atoms with Crippen LogP contribution in [0.3, 0.4) is 0 Å². The Morgan fingerprint density at radius 2 is 1.95 bits per heavy atom. The normalized spacial score (nSPS) is 22.9. The van der Waals surface area contributed by atoms with E-state index in [4.69, 9.17) is 0 Å². The Kier molecular flexibility index (Phi) is 3.35. The molecule has 1 atom stereocenters. The third-order valence-corrected chi connectivity index (χ3v) is 4.63. The molecule has 1 aliphatic heterocycles. The zero-order valence-electron chi connectivity index (χ0n) is 12.1. The molecular weight excluding hydrogens is 268 g/mol. The topological polar surface area (TPSA) is 69.6 Å². The van der Waals surface area contributed by atoms with Gasteiger partial charge in [-0.1, -0.05) is 31.0 Å². The van der Waals surface area contributed by atoms with Gasteiger partial charge in [-0.2, -0.15) is 0 Å². The molecule has 2 aliphatic rings. The number of anilines is 1. The Labute approximate surface area is 123 Å². The maximum absolute atomic E-state index is 12.6. The first-order valence-electron chi connectivity index (χ1n) is 7.42. The average molecular weight is 288 g/mol. The van der Waals surface area contributed by atoms with Gasteiger partial charge in [-0.25, -0.2) is 4.79 Å². The number of amides is 2. The number of urea groups is 1. The van der Waals surface area contributed by atoms with Crippen molar-refractivity contribution >= 4 is 17.7 Å². The fourth-order valence-electron chi connectivity index (χ4n) is 3.42. The van der Waals surface area contributed by atoms with E-state index in [1.165, 1.54) is 0 Å². The number of benzene rings is 1. The highest BCUT2D eigenvalue weighted by Gasteiger charge is 2.39. The number of carbonyl (C=O) groups is 2. The van der Waals surface area contributed by atoms with Gasteiger partial charge in [0.2, 0.25) is 0 Å². The SMILES string of the molecule is CC1(NC(=O)N2CC(C(=O)O)c3ccccc32)CCCC1. The van der Waals surface area contributed by atoms with Crippen molar-refractivity contribution in [1.82, 2.24) is 5.32 Å². The van der Waals surface area contributed by atoms with Gasteiger partial charge in [0.15, 0.2) is 0 Å². The first-order valence-corrected chi connectivity index (χ1v) is 7.42. The second-order valence-electron chi connectivity index (χ2n) is 6.26. The lowest BCUT2D eigenvalue weighted by Gasteiger charge is -2.29. The molecule has 1 aromatic rings. The van der Waals surface area contributed by atoms with Gasteiger partial charge in [0, 0.05) is 17.8 Å². The molecule has 5 nitrogen and oxygen atoms in total. The minimum atomic E-state index is -0.884. The molecule has 3 rings (SSSR count). The van der Waals surface area contributed by atoms with Crippen LogP contribution in [0.15, 0.2) is 24.3 Å². The molecule has 21 heavy (non-hydrogen) atoms. The average Bonchev–Trinajstić information content (AvgIpc) is 3.02. The molecule has 2 N–H and O–H groups in total. The van der Waals surface area contributed by atoms with E-state index in [2.05, 4.69) is 12.2 Å². The Hall–Kier alpha value is -2.04. The largest absolute Gasteiger partial charge is 0.481 e. The lowest BCUT2D eigenvalue weighted by Crippen LogP contribution is -2.50. The smallest absolute Gasteiger partial charge is 0.322 e. The molecule has 1 heterocycles. The fourth-order valence-corrected chi connectivity index (χ4v) is 3.42. The molecule has 0 saturated heterocycles. The van der Waals surface area contributed by atoms with Crippen molar-refractivity contribution in [2.75, 3.05) is 11.4 Å². The standard InChI is InChI=1S/C16H20N2O3/c1-16(8-4-5-9-16)17-15(21)18-10-12(14(19)20)11-6-2-3-7-13(11)18/h2-3,6-7,12H,4-5,8-10H2,1H3,(H,17,21)(H,19,20). The van der Waals surface area contributed by atoms with E-state index < -0.39 is 11.9 Å². The molecule has 0 spiro atoms. The van der Waals surface area contributed by atoms with E-state index in [-0.39, 0.29) is 18.1 Å². The van der Waals surface area contributed by atoms with E-state index in [1.54, 1.807) is 11.0 Å². The monoisotopic (exact) mass is 288 g/mol. The summed E-state index contributed by atoms with van der Waals surface area (Å²) >= 11 is 0. The molecule has 1 aromatic carbocycles. The number of carboxylic acids is 1. The van der Waals surface area contributed by atoms with Crippen LogP contribution in [0.2, 0.25) is 0 Å². The summed E-state index contributed by atoms with van der Waals surface area (Å²) in [5, 5.41) is 12.4. The second kappa shape index (κ2) is 5.06. The molecule has 0 aromatic heterocycles. The van der Waals surface area contributed by atoms with Gasteiger partial charge in [0.25, 0.3) is 0 Å². The van der Waals surface area contributed by atoms with Crippen LogP contribution >= 0.6 is 0 Å². The van der Waals surface area contributed by atoms with Crippen LogP contribution < -0.4 is 10.2 Å². The molecule has 1 saturated carbocycles. The van der Waals surface area contributed by atoms with Gasteiger partial charge in [-0.05, 0) is 31.4 Å². The maximum Gasteiger partial charge on any atom is 0.322 e. The van der Waals surface area contributed by atoms with Crippen LogP contribution in [-0.4, -0.2) is 29.2 Å². The van der Waals surface area contributed by atoms with Gasteiger partial charge >= 0.3 is 12.0 Å². The Bertz CT molecular complexity index is 579. The maximum atomic E-state index is 12.6. The number of nitrogens with one attached hydrogen (secondary N) is 1. The molecule has 2 amide bonds. The molecule has 112 valence electrons. The van der Waals surface area contributed by atoms with Crippen molar-refractivity contribution < 1.29 is 14.7 Å². The summed E-state index contributed by atoms with van der Waals surface area (Å²) in [5.74, 6) is -1.52. The van der Waals surface area contributed by atoms with E-state index in [0.29, 0.717) is 5.69 Å². The number of carboxylic acid groups (broad SMARTS) is 1. The van der Waals surface area contributed by atoms with E-state index in [9.17, 15) is 14.7 Å². The number of hydrogen-bond donors (Lipinski definition) is 2. The van der Waals surface area contributed by atoms with Crippen molar-refractivity contribution in [1.29, 1.82) is 0 Å². The van der Waals surface area contributed by atoms with Gasteiger partial charge in [0.05, 0.1) is 0 Å². The first-order chi connectivity index (χ1) is 10.0. The number of rotatable bonds is 2. The van der Waals surface area contributed by atoms with Crippen LogP contribution in [0.25, 0.3) is 0 Å². The minimum Gasteiger partial charge on any atom is -0.481 e. The third-order valence-electron chi connectivity index (χ3n) is 4.63. The van der Waals surface area contributed by atoms with Crippen LogP contribution in [0.1, 0.15) is 44.1 Å². The van der Waals surface area contributed by atoms with Crippen molar-refractivity contribution in [3.63, 3.8) is 0 Å². The van der Waals surface area contributed by atoms with E-state index in [1.807, 2.05) is 18.2 Å². The van der Waals surface area contributed by atoms with Gasteiger partial charge in [0.1, 0.15) is 5.92 Å². The lowest BCUT2D eigenvalue weighted by atomic mass is 10.0. The number of fused-ring (bicyclic) bond motifs is 1. The zero-order valence-corrected chi connectivity index (χ0v) is 12.1. The molecule has 0 bridgehead atoms. The summed E-state index contributed by atoms with van der Waals surface area (Å²) in [6.07, 6.45) is 4.23. The molecule has 1 fully saturated rings. The molecule has 5 heteroatoms. The Balaban J connectivity index is 1.83. The first kappa shape index (κ1) is 13.9. The number of carbonyl (C=O) groups excluding carboxylic acids is 1. The minimum absolute atomic E-state index is 0.159. The number of hydrogen-bond acceptors (Lipinski definition) is 2. The highest BCUT2D eigenvalue weighted by atomic mass is 16.4. The highest BCUT2D eigenvalue weighted by Crippen LogP contribution is 2.37. The summed E-state index contributed by atoms with van der Waals surface area (Å²) < 4.78 is 0. The third kappa shape index (κ3) is 2.48. The molecular formula is C16H20N2O3. The number of aliphatic carboxylic acids is 1. The molecule has 1 aliphatic carbocycles. The molecule has 0 radical (unpaired) electrons. The zero-order chi connectivity index (χ0) is 15.0. The fraction of sp³-hybridized carbons (Fsp3) is 0.500. The quantitative estimate of drug-likeness (QED) is 0.879.